The minimum absolute atomic E-state index is 0.00801. The van der Waals surface area contributed by atoms with Crippen molar-refractivity contribution in [1.29, 1.82) is 0 Å². The van der Waals surface area contributed by atoms with E-state index in [1.807, 2.05) is 11.5 Å². The molecule has 0 amide bonds. The summed E-state index contributed by atoms with van der Waals surface area (Å²) in [6.45, 7) is 2.47. The number of nitrogens with one attached hydrogen (secondary N) is 1. The van der Waals surface area contributed by atoms with Crippen molar-refractivity contribution < 1.29 is 17.2 Å². The van der Waals surface area contributed by atoms with Crippen molar-refractivity contribution in [1.82, 2.24) is 14.8 Å². The van der Waals surface area contributed by atoms with Crippen molar-refractivity contribution in [2.75, 3.05) is 4.72 Å². The predicted molar refractivity (Wildman–Crippen MR) is 105 cm³/mol. The Bertz CT molecular complexity index is 1160. The Hall–Kier alpha value is -2.81. The highest BCUT2D eigenvalue weighted by atomic mass is 32.2. The minimum Gasteiger partial charge on any atom is -0.311 e. The van der Waals surface area contributed by atoms with Gasteiger partial charge in [-0.25, -0.2) is 17.2 Å². The fourth-order valence-electron chi connectivity index (χ4n) is 3.40. The Morgan fingerprint density at radius 3 is 2.52 bits per heavy atom. The van der Waals surface area contributed by atoms with Crippen molar-refractivity contribution >= 4 is 15.7 Å². The van der Waals surface area contributed by atoms with Gasteiger partial charge in [0.05, 0.1) is 16.1 Å². The van der Waals surface area contributed by atoms with Crippen LogP contribution in [0.25, 0.3) is 11.4 Å². The van der Waals surface area contributed by atoms with Gasteiger partial charge in [0.2, 0.25) is 0 Å². The maximum absolute atomic E-state index is 14.6. The van der Waals surface area contributed by atoms with Crippen molar-refractivity contribution in [3.05, 3.63) is 59.4 Å². The second-order valence-corrected chi connectivity index (χ2v) is 8.81. The quantitative estimate of drug-likeness (QED) is 0.693. The summed E-state index contributed by atoms with van der Waals surface area (Å²) in [5.74, 6) is -0.795. The first-order chi connectivity index (χ1) is 13.8. The zero-order valence-electron chi connectivity index (χ0n) is 15.8. The van der Waals surface area contributed by atoms with E-state index in [1.165, 1.54) is 12.1 Å². The number of sulfonamides is 1. The van der Waals surface area contributed by atoms with Crippen LogP contribution in [0.4, 0.5) is 14.5 Å². The van der Waals surface area contributed by atoms with Crippen LogP contribution in [-0.4, -0.2) is 23.2 Å². The third-order valence-corrected chi connectivity index (χ3v) is 6.36. The van der Waals surface area contributed by atoms with Crippen LogP contribution in [-0.2, 0) is 23.0 Å². The Labute approximate surface area is 167 Å². The van der Waals surface area contributed by atoms with Crippen molar-refractivity contribution in [3.63, 3.8) is 0 Å². The normalized spacial score (nSPS) is 14.3. The Kier molecular flexibility index (Phi) is 5.08. The predicted octanol–water partition coefficient (Wildman–Crippen LogP) is 4.06. The van der Waals surface area contributed by atoms with E-state index < -0.39 is 21.7 Å². The molecule has 0 atom stereocenters. The molecule has 0 saturated carbocycles. The summed E-state index contributed by atoms with van der Waals surface area (Å²) in [6, 6.07) is 7.95. The van der Waals surface area contributed by atoms with E-state index in [9.17, 15) is 17.2 Å². The number of hydrogen-bond donors (Lipinski definition) is 1. The van der Waals surface area contributed by atoms with E-state index in [2.05, 4.69) is 14.9 Å². The molecule has 0 radical (unpaired) electrons. The molecule has 0 fully saturated rings. The summed E-state index contributed by atoms with van der Waals surface area (Å²) in [6.07, 6.45) is 3.67. The summed E-state index contributed by atoms with van der Waals surface area (Å²) in [7, 11) is -4.03. The van der Waals surface area contributed by atoms with Crippen LogP contribution in [0, 0.1) is 18.6 Å². The van der Waals surface area contributed by atoms with Gasteiger partial charge in [-0.15, -0.1) is 10.2 Å². The van der Waals surface area contributed by atoms with Crippen LogP contribution in [0.1, 0.15) is 30.7 Å². The standard InChI is InChI=1S/C20H20F2N4O2S/c1-13-6-8-14(9-7-13)29(27,28)25-18-11-15(16(21)12-17(18)22)20-24-23-19-5-3-2-4-10-26(19)20/h6-9,11-12,25H,2-5,10H2,1H3. The van der Waals surface area contributed by atoms with Gasteiger partial charge in [0.15, 0.2) is 5.82 Å². The monoisotopic (exact) mass is 418 g/mol. The Morgan fingerprint density at radius 2 is 1.76 bits per heavy atom. The molecule has 6 nitrogen and oxygen atoms in total. The fourth-order valence-corrected chi connectivity index (χ4v) is 4.46. The molecule has 2 aromatic carbocycles. The number of halogens is 2. The van der Waals surface area contributed by atoms with Gasteiger partial charge in [0.1, 0.15) is 17.5 Å². The minimum atomic E-state index is -4.03. The number of benzene rings is 2. The molecule has 9 heteroatoms. The molecule has 1 aliphatic rings. The molecule has 0 unspecified atom stereocenters. The number of nitrogens with zero attached hydrogens (tertiary/aromatic N) is 3. The molecule has 1 N–H and O–H groups in total. The van der Waals surface area contributed by atoms with Gasteiger partial charge >= 0.3 is 0 Å². The van der Waals surface area contributed by atoms with Gasteiger partial charge in [-0.3, -0.25) is 4.72 Å². The summed E-state index contributed by atoms with van der Waals surface area (Å²) >= 11 is 0. The molecular formula is C20H20F2N4O2S. The first-order valence-electron chi connectivity index (χ1n) is 9.36. The number of aryl methyl sites for hydroxylation is 2. The van der Waals surface area contributed by atoms with E-state index in [1.54, 1.807) is 12.1 Å². The average Bonchev–Trinajstić information content (AvgIpc) is 2.92. The Balaban J connectivity index is 1.73. The third kappa shape index (κ3) is 3.87. The van der Waals surface area contributed by atoms with Gasteiger partial charge in [0, 0.05) is 19.0 Å². The first kappa shape index (κ1) is 19.5. The lowest BCUT2D eigenvalue weighted by Gasteiger charge is -2.12. The second-order valence-electron chi connectivity index (χ2n) is 7.13. The van der Waals surface area contributed by atoms with Gasteiger partial charge < -0.3 is 4.57 Å². The number of fused-ring (bicyclic) bond motifs is 1. The van der Waals surface area contributed by atoms with Crippen LogP contribution >= 0.6 is 0 Å². The summed E-state index contributed by atoms with van der Waals surface area (Å²) in [5, 5.41) is 8.21. The molecule has 4 rings (SSSR count). The lowest BCUT2D eigenvalue weighted by atomic mass is 10.1. The zero-order chi connectivity index (χ0) is 20.6. The molecule has 2 heterocycles. The number of hydrogen-bond acceptors (Lipinski definition) is 4. The highest BCUT2D eigenvalue weighted by Gasteiger charge is 2.23. The molecule has 0 spiro atoms. The molecule has 0 saturated heterocycles. The first-order valence-corrected chi connectivity index (χ1v) is 10.8. The van der Waals surface area contributed by atoms with E-state index in [-0.39, 0.29) is 22.0 Å². The van der Waals surface area contributed by atoms with Crippen LogP contribution in [0.2, 0.25) is 0 Å². The SMILES string of the molecule is Cc1ccc(S(=O)(=O)Nc2cc(-c3nnc4n3CCCCC4)c(F)cc2F)cc1. The van der Waals surface area contributed by atoms with E-state index in [0.29, 0.717) is 12.6 Å². The van der Waals surface area contributed by atoms with Crippen LogP contribution in [0.15, 0.2) is 41.3 Å². The number of anilines is 1. The van der Waals surface area contributed by atoms with Crippen LogP contribution in [0.5, 0.6) is 0 Å². The van der Waals surface area contributed by atoms with Crippen molar-refractivity contribution in [2.45, 2.75) is 44.0 Å². The van der Waals surface area contributed by atoms with Gasteiger partial charge in [-0.05, 0) is 38.0 Å². The van der Waals surface area contributed by atoms with E-state index in [4.69, 9.17) is 0 Å². The zero-order valence-corrected chi connectivity index (χ0v) is 16.6. The summed E-state index contributed by atoms with van der Waals surface area (Å²) < 4.78 is 58.2. The van der Waals surface area contributed by atoms with Crippen LogP contribution < -0.4 is 4.72 Å². The lowest BCUT2D eigenvalue weighted by Crippen LogP contribution is -2.14. The molecule has 0 bridgehead atoms. The lowest BCUT2D eigenvalue weighted by molar-refractivity contribution is 0.581. The molecule has 152 valence electrons. The smallest absolute Gasteiger partial charge is 0.261 e. The maximum atomic E-state index is 14.6. The highest BCUT2D eigenvalue weighted by molar-refractivity contribution is 7.92. The fraction of sp³-hybridized carbons (Fsp3) is 0.300. The van der Waals surface area contributed by atoms with Gasteiger partial charge in [-0.1, -0.05) is 24.1 Å². The number of aromatic nitrogens is 3. The number of rotatable bonds is 4. The van der Waals surface area contributed by atoms with Gasteiger partial charge in [-0.2, -0.15) is 0 Å². The maximum Gasteiger partial charge on any atom is 0.261 e. The topological polar surface area (TPSA) is 76.9 Å². The highest BCUT2D eigenvalue weighted by Crippen LogP contribution is 2.30. The molecular weight excluding hydrogens is 398 g/mol. The molecule has 29 heavy (non-hydrogen) atoms. The Morgan fingerprint density at radius 1 is 1.00 bits per heavy atom. The van der Waals surface area contributed by atoms with Gasteiger partial charge in [0.25, 0.3) is 10.0 Å². The molecule has 3 aromatic rings. The third-order valence-electron chi connectivity index (χ3n) is 4.98. The molecule has 1 aliphatic heterocycles. The van der Waals surface area contributed by atoms with E-state index in [0.717, 1.165) is 43.1 Å². The molecule has 0 aliphatic carbocycles. The van der Waals surface area contributed by atoms with Crippen molar-refractivity contribution in [3.8, 4) is 11.4 Å². The molecule has 1 aromatic heterocycles. The summed E-state index contributed by atoms with van der Waals surface area (Å²) in [5.41, 5.74) is 0.563. The van der Waals surface area contributed by atoms with E-state index >= 15 is 0 Å². The van der Waals surface area contributed by atoms with Crippen molar-refractivity contribution in [2.24, 2.45) is 0 Å². The largest absolute Gasteiger partial charge is 0.311 e. The second kappa shape index (κ2) is 7.55. The van der Waals surface area contributed by atoms with Crippen LogP contribution in [0.3, 0.4) is 0 Å². The average molecular weight is 418 g/mol. The summed E-state index contributed by atoms with van der Waals surface area (Å²) in [4.78, 5) is -0.00952.